The highest BCUT2D eigenvalue weighted by atomic mass is 16.5. The number of amides is 1. The van der Waals surface area contributed by atoms with Crippen LogP contribution in [0.1, 0.15) is 24.2 Å². The molecular weight excluding hydrogens is 342 g/mol. The van der Waals surface area contributed by atoms with Crippen molar-refractivity contribution in [3.05, 3.63) is 76.3 Å². The number of H-pyrrole nitrogens is 1. The third-order valence-electron chi connectivity index (χ3n) is 4.74. The van der Waals surface area contributed by atoms with E-state index in [1.807, 2.05) is 42.5 Å². The van der Waals surface area contributed by atoms with Gasteiger partial charge in [0, 0.05) is 13.2 Å². The van der Waals surface area contributed by atoms with Crippen molar-refractivity contribution < 1.29 is 9.53 Å². The van der Waals surface area contributed by atoms with Gasteiger partial charge in [0.05, 0.1) is 17.4 Å². The van der Waals surface area contributed by atoms with E-state index in [1.54, 1.807) is 17.0 Å². The predicted octanol–water partition coefficient (Wildman–Crippen LogP) is 2.63. The highest BCUT2D eigenvalue weighted by Crippen LogP contribution is 2.18. The first-order chi connectivity index (χ1) is 13.2. The summed E-state index contributed by atoms with van der Waals surface area (Å²) in [6.07, 6.45) is 1.20. The number of fused-ring (bicyclic) bond motifs is 1. The van der Waals surface area contributed by atoms with Gasteiger partial charge in [-0.15, -0.1) is 0 Å². The van der Waals surface area contributed by atoms with Crippen molar-refractivity contribution >= 4 is 16.8 Å². The van der Waals surface area contributed by atoms with Crippen LogP contribution in [-0.2, 0) is 22.6 Å². The van der Waals surface area contributed by atoms with Crippen LogP contribution < -0.4 is 5.56 Å². The maximum atomic E-state index is 13.0. The van der Waals surface area contributed by atoms with Crippen LogP contribution in [0.3, 0.4) is 0 Å². The maximum Gasteiger partial charge on any atom is 0.258 e. The number of carbonyl (C=O) groups excluding carboxylic acids is 1. The number of benzene rings is 2. The van der Waals surface area contributed by atoms with Crippen LogP contribution in [0, 0.1) is 0 Å². The van der Waals surface area contributed by atoms with Crippen LogP contribution in [0.5, 0.6) is 0 Å². The molecule has 4 rings (SSSR count). The van der Waals surface area contributed by atoms with E-state index in [2.05, 4.69) is 9.97 Å². The number of carbonyl (C=O) groups is 1. The lowest BCUT2D eigenvalue weighted by Crippen LogP contribution is -2.38. The second-order valence-corrected chi connectivity index (χ2v) is 6.71. The van der Waals surface area contributed by atoms with Crippen LogP contribution in [-0.4, -0.2) is 33.5 Å². The molecule has 1 amide bonds. The lowest BCUT2D eigenvalue weighted by molar-refractivity contribution is -0.142. The number of rotatable bonds is 5. The predicted molar refractivity (Wildman–Crippen MR) is 102 cm³/mol. The number of hydrogen-bond donors (Lipinski definition) is 1. The third kappa shape index (κ3) is 3.90. The van der Waals surface area contributed by atoms with E-state index in [0.29, 0.717) is 29.9 Å². The van der Waals surface area contributed by atoms with Gasteiger partial charge in [0.15, 0.2) is 0 Å². The number of nitrogens with one attached hydrogen (secondary N) is 1. The number of aromatic nitrogens is 2. The minimum absolute atomic E-state index is 0.0628. The standard InChI is InChI=1S/C21H21N3O3/c25-20-16-9-4-5-10-17(16)22-19(23-20)14-24(13-15-7-2-1-3-8-15)21(26)18-11-6-12-27-18/h1-5,7-10,18H,6,11-14H2,(H,22,23,25). The Morgan fingerprint density at radius 1 is 1.11 bits per heavy atom. The van der Waals surface area contributed by atoms with Crippen LogP contribution in [0.15, 0.2) is 59.4 Å². The Kier molecular flexibility index (Phi) is 4.98. The normalized spacial score (nSPS) is 16.5. The highest BCUT2D eigenvalue weighted by molar-refractivity contribution is 5.81. The Morgan fingerprint density at radius 2 is 1.89 bits per heavy atom. The first-order valence-electron chi connectivity index (χ1n) is 9.13. The summed E-state index contributed by atoms with van der Waals surface area (Å²) in [4.78, 5) is 34.4. The average Bonchev–Trinajstić information content (AvgIpc) is 3.23. The molecule has 3 aromatic rings. The molecule has 0 spiro atoms. The van der Waals surface area contributed by atoms with Gasteiger partial charge >= 0.3 is 0 Å². The molecule has 27 heavy (non-hydrogen) atoms. The van der Waals surface area contributed by atoms with Crippen molar-refractivity contribution in [3.8, 4) is 0 Å². The Hall–Kier alpha value is -2.99. The molecule has 138 valence electrons. The zero-order valence-electron chi connectivity index (χ0n) is 14.9. The second-order valence-electron chi connectivity index (χ2n) is 6.71. The van der Waals surface area contributed by atoms with Gasteiger partial charge in [0.1, 0.15) is 11.9 Å². The van der Waals surface area contributed by atoms with E-state index in [0.717, 1.165) is 18.4 Å². The summed E-state index contributed by atoms with van der Waals surface area (Å²) in [7, 11) is 0. The van der Waals surface area contributed by atoms with Gasteiger partial charge in [0.25, 0.3) is 11.5 Å². The molecule has 1 N–H and O–H groups in total. The van der Waals surface area contributed by atoms with Gasteiger partial charge in [-0.1, -0.05) is 42.5 Å². The summed E-state index contributed by atoms with van der Waals surface area (Å²) in [6.45, 7) is 1.28. The fourth-order valence-electron chi connectivity index (χ4n) is 3.38. The summed E-state index contributed by atoms with van der Waals surface area (Å²) in [5.74, 6) is 0.410. The summed E-state index contributed by atoms with van der Waals surface area (Å²) < 4.78 is 5.58. The topological polar surface area (TPSA) is 75.3 Å². The molecule has 1 atom stereocenters. The zero-order chi connectivity index (χ0) is 18.6. The number of hydrogen-bond acceptors (Lipinski definition) is 4. The molecular formula is C21H21N3O3. The highest BCUT2D eigenvalue weighted by Gasteiger charge is 2.29. The van der Waals surface area contributed by atoms with Crippen LogP contribution in [0.4, 0.5) is 0 Å². The van der Waals surface area contributed by atoms with Crippen molar-refractivity contribution in [1.82, 2.24) is 14.9 Å². The molecule has 1 fully saturated rings. The minimum Gasteiger partial charge on any atom is -0.368 e. The van der Waals surface area contributed by atoms with Gasteiger partial charge in [0.2, 0.25) is 0 Å². The summed E-state index contributed by atoms with van der Waals surface area (Å²) >= 11 is 0. The van der Waals surface area contributed by atoms with E-state index >= 15 is 0 Å². The first kappa shape index (κ1) is 17.4. The van der Waals surface area contributed by atoms with Crippen LogP contribution in [0.25, 0.3) is 10.9 Å². The first-order valence-corrected chi connectivity index (χ1v) is 9.13. The van der Waals surface area contributed by atoms with Gasteiger partial charge in [-0.05, 0) is 30.5 Å². The van der Waals surface area contributed by atoms with Crippen LogP contribution in [0.2, 0.25) is 0 Å². The Balaban J connectivity index is 1.63. The summed E-state index contributed by atoms with van der Waals surface area (Å²) in [6, 6.07) is 17.0. The third-order valence-corrected chi connectivity index (χ3v) is 4.74. The molecule has 1 saturated heterocycles. The Morgan fingerprint density at radius 3 is 2.67 bits per heavy atom. The zero-order valence-corrected chi connectivity index (χ0v) is 14.9. The van der Waals surface area contributed by atoms with Crippen molar-refractivity contribution in [2.24, 2.45) is 0 Å². The number of aromatic amines is 1. The van der Waals surface area contributed by atoms with Gasteiger partial charge in [-0.3, -0.25) is 9.59 Å². The molecule has 6 heteroatoms. The molecule has 1 unspecified atom stereocenters. The molecule has 0 radical (unpaired) electrons. The Labute approximate surface area is 156 Å². The number of ether oxygens (including phenoxy) is 1. The minimum atomic E-state index is -0.416. The molecule has 2 heterocycles. The van der Waals surface area contributed by atoms with Gasteiger partial charge < -0.3 is 14.6 Å². The fraction of sp³-hybridized carbons (Fsp3) is 0.286. The molecule has 2 aromatic carbocycles. The van der Waals surface area contributed by atoms with E-state index in [4.69, 9.17) is 4.74 Å². The van der Waals surface area contributed by atoms with E-state index < -0.39 is 6.10 Å². The quantitative estimate of drug-likeness (QED) is 0.756. The monoisotopic (exact) mass is 363 g/mol. The van der Waals surface area contributed by atoms with Crippen molar-refractivity contribution in [3.63, 3.8) is 0 Å². The molecule has 6 nitrogen and oxygen atoms in total. The fourth-order valence-corrected chi connectivity index (χ4v) is 3.38. The largest absolute Gasteiger partial charge is 0.368 e. The maximum absolute atomic E-state index is 13.0. The smallest absolute Gasteiger partial charge is 0.258 e. The molecule has 1 aliphatic rings. The second kappa shape index (κ2) is 7.72. The molecule has 0 bridgehead atoms. The van der Waals surface area contributed by atoms with E-state index in [1.165, 1.54) is 0 Å². The summed E-state index contributed by atoms with van der Waals surface area (Å²) in [5.41, 5.74) is 1.45. The van der Waals surface area contributed by atoms with Crippen molar-refractivity contribution in [1.29, 1.82) is 0 Å². The molecule has 0 saturated carbocycles. The Bertz CT molecular complexity index is 994. The van der Waals surface area contributed by atoms with Crippen molar-refractivity contribution in [2.45, 2.75) is 32.0 Å². The van der Waals surface area contributed by atoms with Gasteiger partial charge in [-0.2, -0.15) is 0 Å². The lowest BCUT2D eigenvalue weighted by Gasteiger charge is -2.25. The lowest BCUT2D eigenvalue weighted by atomic mass is 10.1. The molecule has 0 aliphatic carbocycles. The number of para-hydroxylation sites is 1. The molecule has 1 aliphatic heterocycles. The summed E-state index contributed by atoms with van der Waals surface area (Å²) in [5, 5.41) is 0.543. The van der Waals surface area contributed by atoms with E-state index in [-0.39, 0.29) is 18.0 Å². The van der Waals surface area contributed by atoms with Crippen molar-refractivity contribution in [2.75, 3.05) is 6.61 Å². The van der Waals surface area contributed by atoms with Crippen LogP contribution >= 0.6 is 0 Å². The molecule has 1 aromatic heterocycles. The van der Waals surface area contributed by atoms with E-state index in [9.17, 15) is 9.59 Å². The average molecular weight is 363 g/mol. The SMILES string of the molecule is O=C(C1CCCO1)N(Cc1ccccc1)Cc1nc2ccccc2c(=O)[nH]1. The van der Waals surface area contributed by atoms with Gasteiger partial charge in [-0.25, -0.2) is 4.98 Å². The number of nitrogens with zero attached hydrogens (tertiary/aromatic N) is 2.